The lowest BCUT2D eigenvalue weighted by Crippen LogP contribution is -2.25. The zero-order chi connectivity index (χ0) is 18.5. The first kappa shape index (κ1) is 16.8. The molecule has 138 valence electrons. The van der Waals surface area contributed by atoms with Crippen molar-refractivity contribution in [1.82, 2.24) is 35.3 Å². The number of aromatic nitrogens is 7. The van der Waals surface area contributed by atoms with Crippen molar-refractivity contribution in [2.45, 2.75) is 52.2 Å². The van der Waals surface area contributed by atoms with Gasteiger partial charge in [0.1, 0.15) is 17.2 Å². The third-order valence-corrected chi connectivity index (χ3v) is 4.52. The highest BCUT2D eigenvalue weighted by Crippen LogP contribution is 2.29. The summed E-state index contributed by atoms with van der Waals surface area (Å²) in [6, 6.07) is 0. The van der Waals surface area contributed by atoms with Crippen LogP contribution in [0.1, 0.15) is 44.4 Å². The van der Waals surface area contributed by atoms with Crippen LogP contribution in [0.2, 0.25) is 0 Å². The van der Waals surface area contributed by atoms with E-state index in [-0.39, 0.29) is 11.5 Å². The summed E-state index contributed by atoms with van der Waals surface area (Å²) < 4.78 is 6.46. The summed E-state index contributed by atoms with van der Waals surface area (Å²) in [5.41, 5.74) is 2.43. The quantitative estimate of drug-likeness (QED) is 0.726. The molecule has 1 N–H and O–H groups in total. The van der Waals surface area contributed by atoms with Gasteiger partial charge in [-0.3, -0.25) is 0 Å². The molecule has 0 spiro atoms. The minimum atomic E-state index is -0.350. The Balaban J connectivity index is 1.84. The van der Waals surface area contributed by atoms with Crippen LogP contribution in [0.5, 0.6) is 0 Å². The van der Waals surface area contributed by atoms with Gasteiger partial charge in [0.2, 0.25) is 0 Å². The molecule has 1 atom stereocenters. The van der Waals surface area contributed by atoms with Gasteiger partial charge in [0.25, 0.3) is 0 Å². The van der Waals surface area contributed by atoms with Crippen LogP contribution in [0.4, 0.5) is 5.82 Å². The van der Waals surface area contributed by atoms with E-state index in [1.165, 1.54) is 0 Å². The van der Waals surface area contributed by atoms with Crippen molar-refractivity contribution >= 4 is 17.0 Å². The van der Waals surface area contributed by atoms with E-state index < -0.39 is 0 Å². The summed E-state index contributed by atoms with van der Waals surface area (Å²) in [6.45, 7) is 9.67. The Bertz CT molecular complexity index is 942. The summed E-state index contributed by atoms with van der Waals surface area (Å²) in [5.74, 6) is 1.43. The normalized spacial score (nSPS) is 18.2. The molecule has 10 nitrogen and oxygen atoms in total. The summed E-state index contributed by atoms with van der Waals surface area (Å²) in [6.07, 6.45) is 0.367. The molecule has 0 unspecified atom stereocenters. The molecule has 1 aliphatic rings. The number of aryl methyl sites for hydroxylation is 1. The monoisotopic (exact) mass is 358 g/mol. The van der Waals surface area contributed by atoms with Crippen molar-refractivity contribution in [3.63, 3.8) is 0 Å². The van der Waals surface area contributed by atoms with Gasteiger partial charge >= 0.3 is 0 Å². The van der Waals surface area contributed by atoms with E-state index >= 15 is 0 Å². The Morgan fingerprint density at radius 2 is 2.04 bits per heavy atom. The second kappa shape index (κ2) is 5.97. The molecule has 0 aliphatic carbocycles. The minimum absolute atomic E-state index is 0.234. The fraction of sp³-hybridized carbons (Fsp3) is 0.625. The van der Waals surface area contributed by atoms with Gasteiger partial charge in [-0.15, -0.1) is 5.10 Å². The third kappa shape index (κ3) is 2.90. The van der Waals surface area contributed by atoms with E-state index in [1.807, 2.05) is 11.8 Å². The van der Waals surface area contributed by atoms with Gasteiger partial charge < -0.3 is 10.0 Å². The number of aliphatic hydroxyl groups is 1. The highest BCUT2D eigenvalue weighted by atomic mass is 16.6. The smallest absolute Gasteiger partial charge is 0.184 e. The Morgan fingerprint density at radius 3 is 2.65 bits per heavy atom. The number of aliphatic hydroxyl groups excluding tert-OH is 1. The van der Waals surface area contributed by atoms with E-state index in [0.717, 1.165) is 12.4 Å². The van der Waals surface area contributed by atoms with Crippen LogP contribution < -0.4 is 4.90 Å². The minimum Gasteiger partial charge on any atom is -0.391 e. The highest BCUT2D eigenvalue weighted by molar-refractivity contribution is 5.83. The van der Waals surface area contributed by atoms with Crippen LogP contribution in [0.15, 0.2) is 4.63 Å². The van der Waals surface area contributed by atoms with Gasteiger partial charge in [0.05, 0.1) is 12.6 Å². The molecular weight excluding hydrogens is 336 g/mol. The van der Waals surface area contributed by atoms with Crippen LogP contribution in [-0.4, -0.2) is 59.6 Å². The molecule has 0 radical (unpaired) electrons. The number of rotatable bonds is 3. The molecule has 4 rings (SSSR count). The van der Waals surface area contributed by atoms with Gasteiger partial charge in [-0.2, -0.15) is 0 Å². The second-order valence-corrected chi connectivity index (χ2v) is 7.72. The molecular formula is C16H22N8O2. The molecule has 1 aliphatic heterocycles. The fourth-order valence-corrected chi connectivity index (χ4v) is 2.97. The lowest BCUT2D eigenvalue weighted by molar-refractivity contribution is 0.198. The van der Waals surface area contributed by atoms with Crippen LogP contribution >= 0.6 is 0 Å². The maximum absolute atomic E-state index is 9.92. The Hall–Kier alpha value is -2.62. The average Bonchev–Trinajstić information content (AvgIpc) is 3.28. The molecule has 10 heteroatoms. The number of hydrogen-bond acceptors (Lipinski definition) is 9. The zero-order valence-electron chi connectivity index (χ0n) is 15.3. The highest BCUT2D eigenvalue weighted by Gasteiger charge is 2.29. The number of hydrogen-bond donors (Lipinski definition) is 1. The molecule has 0 aromatic carbocycles. The van der Waals surface area contributed by atoms with Gasteiger partial charge in [-0.25, -0.2) is 19.3 Å². The zero-order valence-corrected chi connectivity index (χ0v) is 15.3. The van der Waals surface area contributed by atoms with Crippen LogP contribution in [0.3, 0.4) is 0 Å². The molecule has 1 fully saturated rings. The third-order valence-electron chi connectivity index (χ3n) is 4.52. The second-order valence-electron chi connectivity index (χ2n) is 7.72. The van der Waals surface area contributed by atoms with E-state index in [0.29, 0.717) is 47.9 Å². The molecule has 26 heavy (non-hydrogen) atoms. The topological polar surface area (TPSA) is 119 Å². The van der Waals surface area contributed by atoms with Gasteiger partial charge in [0, 0.05) is 18.5 Å². The van der Waals surface area contributed by atoms with Crippen molar-refractivity contribution in [3.8, 4) is 0 Å². The van der Waals surface area contributed by atoms with Gasteiger partial charge in [-0.1, -0.05) is 36.3 Å². The fourth-order valence-electron chi connectivity index (χ4n) is 2.97. The standard InChI is InChI=1S/C16H22N8O2/c1-9-11(21-26-20-9)8-24-14-12(19-22-24)13(23-6-5-10(25)7-23)17-15(18-14)16(2,3)4/h10,25H,5-8H2,1-4H3/t10-/m0/s1. The van der Waals surface area contributed by atoms with E-state index in [2.05, 4.69) is 41.4 Å². The number of anilines is 1. The Labute approximate surface area is 150 Å². The number of nitrogens with zero attached hydrogens (tertiary/aromatic N) is 8. The molecule has 4 heterocycles. The van der Waals surface area contributed by atoms with Crippen molar-refractivity contribution in [2.24, 2.45) is 0 Å². The van der Waals surface area contributed by atoms with E-state index in [1.54, 1.807) is 4.68 Å². The molecule has 3 aromatic heterocycles. The largest absolute Gasteiger partial charge is 0.391 e. The van der Waals surface area contributed by atoms with E-state index in [4.69, 9.17) is 14.6 Å². The molecule has 0 saturated carbocycles. The predicted octanol–water partition coefficient (Wildman–Crippen LogP) is 0.830. The Kier molecular flexibility index (Phi) is 3.87. The summed E-state index contributed by atoms with van der Waals surface area (Å²) >= 11 is 0. The van der Waals surface area contributed by atoms with Gasteiger partial charge in [-0.05, 0) is 13.3 Å². The molecule has 1 saturated heterocycles. The maximum Gasteiger partial charge on any atom is 0.184 e. The lowest BCUT2D eigenvalue weighted by atomic mass is 9.96. The van der Waals surface area contributed by atoms with Crippen LogP contribution in [0, 0.1) is 6.92 Å². The summed E-state index contributed by atoms with van der Waals surface area (Å²) in [5, 5.41) is 26.2. The first-order valence-electron chi connectivity index (χ1n) is 8.65. The number of fused-ring (bicyclic) bond motifs is 1. The van der Waals surface area contributed by atoms with Crippen LogP contribution in [-0.2, 0) is 12.0 Å². The van der Waals surface area contributed by atoms with Crippen molar-refractivity contribution in [3.05, 3.63) is 17.2 Å². The number of β-amino-alcohol motifs (C(OH)–C–C–N with tert-alkyl or cyclic N) is 1. The van der Waals surface area contributed by atoms with Crippen molar-refractivity contribution < 1.29 is 9.74 Å². The van der Waals surface area contributed by atoms with Gasteiger partial charge in [0.15, 0.2) is 17.0 Å². The molecule has 3 aromatic rings. The summed E-state index contributed by atoms with van der Waals surface area (Å²) in [7, 11) is 0. The first-order valence-corrected chi connectivity index (χ1v) is 8.65. The lowest BCUT2D eigenvalue weighted by Gasteiger charge is -2.21. The SMILES string of the molecule is Cc1nonc1Cn1nnc2c(N3CC[C@H](O)C3)nc(C(C)(C)C)nc21. The Morgan fingerprint density at radius 1 is 1.23 bits per heavy atom. The van der Waals surface area contributed by atoms with Crippen molar-refractivity contribution in [2.75, 3.05) is 18.0 Å². The predicted molar refractivity (Wildman–Crippen MR) is 92.8 cm³/mol. The average molecular weight is 358 g/mol. The maximum atomic E-state index is 9.92. The van der Waals surface area contributed by atoms with E-state index in [9.17, 15) is 5.11 Å². The van der Waals surface area contributed by atoms with Crippen LogP contribution in [0.25, 0.3) is 11.2 Å². The first-order chi connectivity index (χ1) is 12.3. The van der Waals surface area contributed by atoms with Crippen molar-refractivity contribution in [1.29, 1.82) is 0 Å². The molecule has 0 amide bonds. The molecule has 0 bridgehead atoms. The summed E-state index contributed by atoms with van der Waals surface area (Å²) in [4.78, 5) is 11.5.